The maximum atomic E-state index is 11.4. The van der Waals surface area contributed by atoms with E-state index in [1.165, 1.54) is 11.9 Å². The maximum absolute atomic E-state index is 11.4. The molecule has 7 nitrogen and oxygen atoms in total. The number of amides is 1. The third kappa shape index (κ3) is 1.56. The zero-order chi connectivity index (χ0) is 10.9. The Kier molecular flexibility index (Phi) is 2.50. The van der Waals surface area contributed by atoms with Crippen LogP contribution in [0.3, 0.4) is 0 Å². The van der Waals surface area contributed by atoms with E-state index in [-0.39, 0.29) is 17.5 Å². The van der Waals surface area contributed by atoms with Crippen molar-refractivity contribution in [2.45, 2.75) is 0 Å². The van der Waals surface area contributed by atoms with Crippen LogP contribution in [0.15, 0.2) is 6.20 Å². The summed E-state index contributed by atoms with van der Waals surface area (Å²) in [5.74, 6) is -0.502. The zero-order valence-electron chi connectivity index (χ0n) is 8.09. The van der Waals surface area contributed by atoms with Gasteiger partial charge in [-0.3, -0.25) is 4.79 Å². The molecule has 1 amide bonds. The molecule has 0 bridgehead atoms. The van der Waals surface area contributed by atoms with E-state index in [0.717, 1.165) is 10.8 Å². The van der Waals surface area contributed by atoms with Gasteiger partial charge in [-0.15, -0.1) is 0 Å². The summed E-state index contributed by atoms with van der Waals surface area (Å²) in [6, 6.07) is 0. The first-order chi connectivity index (χ1) is 6.45. The van der Waals surface area contributed by atoms with Crippen molar-refractivity contribution < 1.29 is 9.72 Å². The topological polar surface area (TPSA) is 81.3 Å². The van der Waals surface area contributed by atoms with E-state index in [4.69, 9.17) is 0 Å². The lowest BCUT2D eigenvalue weighted by Gasteiger charge is -2.06. The Morgan fingerprint density at radius 1 is 1.64 bits per heavy atom. The van der Waals surface area contributed by atoms with E-state index in [2.05, 4.69) is 4.98 Å². The lowest BCUT2D eigenvalue weighted by atomic mass is 10.5. The minimum Gasteiger partial charge on any atom is -0.358 e. The number of nitrogens with zero attached hydrogens (tertiary/aromatic N) is 4. The first-order valence-electron chi connectivity index (χ1n) is 3.83. The van der Waals surface area contributed by atoms with Gasteiger partial charge < -0.3 is 15.0 Å². The van der Waals surface area contributed by atoms with Gasteiger partial charge >= 0.3 is 11.7 Å². The molecule has 0 aliphatic heterocycles. The van der Waals surface area contributed by atoms with Crippen LogP contribution < -0.4 is 0 Å². The summed E-state index contributed by atoms with van der Waals surface area (Å²) in [6.45, 7) is 0. The molecule has 14 heavy (non-hydrogen) atoms. The van der Waals surface area contributed by atoms with E-state index in [1.54, 1.807) is 14.1 Å². The second-order valence-electron chi connectivity index (χ2n) is 2.96. The van der Waals surface area contributed by atoms with Crippen molar-refractivity contribution in [1.82, 2.24) is 14.5 Å². The maximum Gasteiger partial charge on any atom is 0.343 e. The number of nitro groups is 1. The fraction of sp³-hybridized carbons (Fsp3) is 0.429. The fourth-order valence-corrected chi connectivity index (χ4v) is 0.969. The van der Waals surface area contributed by atoms with Crippen molar-refractivity contribution in [3.63, 3.8) is 0 Å². The Labute approximate surface area is 80.1 Å². The Balaban J connectivity index is 3.13. The molecule has 0 aliphatic carbocycles. The summed E-state index contributed by atoms with van der Waals surface area (Å²) < 4.78 is 1.16. The number of carbonyl (C=O) groups excluding carboxylic acids is 1. The molecule has 0 saturated carbocycles. The van der Waals surface area contributed by atoms with Crippen LogP contribution in [0.2, 0.25) is 0 Å². The van der Waals surface area contributed by atoms with Gasteiger partial charge in [0.2, 0.25) is 0 Å². The van der Waals surface area contributed by atoms with Gasteiger partial charge in [-0.1, -0.05) is 0 Å². The van der Waals surface area contributed by atoms with Gasteiger partial charge in [-0.2, -0.15) is 0 Å². The number of carbonyl (C=O) groups is 1. The minimum atomic E-state index is -0.584. The normalized spacial score (nSPS) is 9.93. The highest BCUT2D eigenvalue weighted by molar-refractivity contribution is 5.90. The van der Waals surface area contributed by atoms with Crippen LogP contribution in [0, 0.1) is 10.1 Å². The summed E-state index contributed by atoms with van der Waals surface area (Å²) in [4.78, 5) is 26.3. The molecule has 7 heteroatoms. The third-order valence-corrected chi connectivity index (χ3v) is 1.75. The Hall–Kier alpha value is -1.92. The minimum absolute atomic E-state index is 0.0571. The monoisotopic (exact) mass is 198 g/mol. The largest absolute Gasteiger partial charge is 0.358 e. The first kappa shape index (κ1) is 10.2. The van der Waals surface area contributed by atoms with Crippen LogP contribution in [0.1, 0.15) is 10.6 Å². The van der Waals surface area contributed by atoms with Gasteiger partial charge in [-0.25, -0.2) is 9.55 Å². The van der Waals surface area contributed by atoms with Crippen molar-refractivity contribution >= 4 is 11.7 Å². The molecule has 0 spiro atoms. The number of aromatic nitrogens is 2. The van der Waals surface area contributed by atoms with E-state index in [0.29, 0.717) is 0 Å². The Morgan fingerprint density at radius 2 is 2.21 bits per heavy atom. The van der Waals surface area contributed by atoms with Crippen molar-refractivity contribution in [3.05, 3.63) is 22.1 Å². The van der Waals surface area contributed by atoms with Crippen LogP contribution in [0.25, 0.3) is 0 Å². The van der Waals surface area contributed by atoms with E-state index in [1.807, 2.05) is 0 Å². The molecule has 0 aliphatic rings. The molecule has 1 rings (SSSR count). The average molecular weight is 198 g/mol. The lowest BCUT2D eigenvalue weighted by molar-refractivity contribution is -0.391. The van der Waals surface area contributed by atoms with Gasteiger partial charge in [0.25, 0.3) is 5.82 Å². The number of hydrogen-bond acceptors (Lipinski definition) is 4. The number of imidazole rings is 1. The van der Waals surface area contributed by atoms with Crippen LogP contribution in [0.4, 0.5) is 5.82 Å². The molecule has 1 heterocycles. The van der Waals surface area contributed by atoms with Gasteiger partial charge in [0.05, 0.1) is 7.05 Å². The molecule has 1 aromatic heterocycles. The van der Waals surface area contributed by atoms with Gasteiger partial charge in [0.15, 0.2) is 0 Å². The average Bonchev–Trinajstić information content (AvgIpc) is 2.45. The second kappa shape index (κ2) is 3.44. The van der Waals surface area contributed by atoms with Crippen LogP contribution in [-0.4, -0.2) is 39.4 Å². The first-order valence-corrected chi connectivity index (χ1v) is 3.83. The summed E-state index contributed by atoms with van der Waals surface area (Å²) in [6.07, 6.45) is 1.07. The van der Waals surface area contributed by atoms with E-state index in [9.17, 15) is 14.9 Å². The molecular weight excluding hydrogens is 188 g/mol. The predicted molar refractivity (Wildman–Crippen MR) is 47.9 cm³/mol. The summed E-state index contributed by atoms with van der Waals surface area (Å²) >= 11 is 0. The van der Waals surface area contributed by atoms with Crippen molar-refractivity contribution in [2.75, 3.05) is 14.1 Å². The highest BCUT2D eigenvalue weighted by Gasteiger charge is 2.23. The second-order valence-corrected chi connectivity index (χ2v) is 2.96. The fourth-order valence-electron chi connectivity index (χ4n) is 0.969. The summed E-state index contributed by atoms with van der Waals surface area (Å²) in [5, 5.41) is 10.4. The number of rotatable bonds is 2. The van der Waals surface area contributed by atoms with E-state index >= 15 is 0 Å². The standard InChI is InChI=1S/C7H10N4O3/c1-9(2)7(12)6-8-4-5(10(6)3)11(13)14/h4H,1-3H3. The molecule has 76 valence electrons. The van der Waals surface area contributed by atoms with Crippen LogP contribution in [-0.2, 0) is 7.05 Å². The molecule has 0 N–H and O–H groups in total. The summed E-state index contributed by atoms with van der Waals surface area (Å²) in [5.41, 5.74) is 0. The quantitative estimate of drug-likeness (QED) is 0.496. The van der Waals surface area contributed by atoms with Crippen molar-refractivity contribution in [3.8, 4) is 0 Å². The zero-order valence-corrected chi connectivity index (χ0v) is 8.09. The Morgan fingerprint density at radius 3 is 2.57 bits per heavy atom. The molecule has 0 saturated heterocycles. The van der Waals surface area contributed by atoms with Crippen molar-refractivity contribution in [1.29, 1.82) is 0 Å². The van der Waals surface area contributed by atoms with Crippen LogP contribution >= 0.6 is 0 Å². The van der Waals surface area contributed by atoms with Gasteiger partial charge in [-0.05, 0) is 4.92 Å². The van der Waals surface area contributed by atoms with Crippen molar-refractivity contribution in [2.24, 2.45) is 7.05 Å². The lowest BCUT2D eigenvalue weighted by Crippen LogP contribution is -2.25. The SMILES string of the molecule is CN(C)C(=O)c1ncc([N+](=O)[O-])n1C. The predicted octanol–water partition coefficient (Wildman–Crippen LogP) is 0.0301. The van der Waals surface area contributed by atoms with Gasteiger partial charge in [0, 0.05) is 14.1 Å². The smallest absolute Gasteiger partial charge is 0.343 e. The number of hydrogen-bond donors (Lipinski definition) is 0. The Bertz CT molecular complexity index is 382. The molecule has 0 unspecified atom stereocenters. The molecule has 0 fully saturated rings. The van der Waals surface area contributed by atoms with Gasteiger partial charge in [0.1, 0.15) is 6.20 Å². The summed E-state index contributed by atoms with van der Waals surface area (Å²) in [7, 11) is 4.55. The van der Waals surface area contributed by atoms with E-state index < -0.39 is 4.92 Å². The third-order valence-electron chi connectivity index (χ3n) is 1.75. The molecule has 0 radical (unpaired) electrons. The molecule has 1 aromatic rings. The molecular formula is C7H10N4O3. The molecule has 0 atom stereocenters. The highest BCUT2D eigenvalue weighted by atomic mass is 16.6. The highest BCUT2D eigenvalue weighted by Crippen LogP contribution is 2.12. The van der Waals surface area contributed by atoms with Crippen LogP contribution in [0.5, 0.6) is 0 Å². The molecule has 0 aromatic carbocycles.